The summed E-state index contributed by atoms with van der Waals surface area (Å²) in [7, 11) is 0. The highest BCUT2D eigenvalue weighted by Gasteiger charge is 2.17. The molecule has 0 aliphatic heterocycles. The second-order valence-electron chi connectivity index (χ2n) is 6.38. The van der Waals surface area contributed by atoms with E-state index in [-0.39, 0.29) is 18.6 Å². The van der Waals surface area contributed by atoms with Gasteiger partial charge in [0.25, 0.3) is 5.56 Å². The zero-order valence-electron chi connectivity index (χ0n) is 15.9. The summed E-state index contributed by atoms with van der Waals surface area (Å²) in [5.74, 6) is -0.361. The Morgan fingerprint density at radius 3 is 2.69 bits per heavy atom. The van der Waals surface area contributed by atoms with Crippen LogP contribution in [0.5, 0.6) is 5.75 Å². The maximum absolute atomic E-state index is 12.5. The van der Waals surface area contributed by atoms with Crippen LogP contribution in [-0.2, 0) is 22.5 Å². The molecule has 2 aromatic carbocycles. The van der Waals surface area contributed by atoms with Crippen LogP contribution < -0.4 is 10.3 Å². The number of hydrogen-bond donors (Lipinski definition) is 1. The van der Waals surface area contributed by atoms with E-state index in [2.05, 4.69) is 5.10 Å². The average molecular weight is 417 g/mol. The van der Waals surface area contributed by atoms with E-state index >= 15 is 0 Å². The summed E-state index contributed by atoms with van der Waals surface area (Å²) in [4.78, 5) is 23.7. The highest BCUT2D eigenvalue weighted by molar-refractivity contribution is 6.31. The second kappa shape index (κ2) is 9.54. The second-order valence-corrected chi connectivity index (χ2v) is 6.82. The molecule has 3 rings (SSSR count). The van der Waals surface area contributed by atoms with Crippen LogP contribution in [0.1, 0.15) is 12.5 Å². The van der Waals surface area contributed by atoms with Gasteiger partial charge in [0.1, 0.15) is 12.4 Å². The number of halogens is 1. The molecule has 0 aliphatic rings. The Morgan fingerprint density at radius 1 is 1.24 bits per heavy atom. The third-order valence-corrected chi connectivity index (χ3v) is 4.61. The third kappa shape index (κ3) is 5.34. The molecule has 1 atom stereocenters. The lowest BCUT2D eigenvalue weighted by atomic mass is 10.1. The minimum atomic E-state index is -0.984. The molecular weight excluding hydrogens is 396 g/mol. The Hall–Kier alpha value is -2.90. The molecule has 0 fully saturated rings. The fourth-order valence-electron chi connectivity index (χ4n) is 2.92. The molecule has 0 saturated heterocycles. The van der Waals surface area contributed by atoms with Crippen LogP contribution in [0.2, 0.25) is 5.02 Å². The number of carboxylic acids is 1. The third-order valence-electron chi connectivity index (χ3n) is 4.37. The van der Waals surface area contributed by atoms with Crippen molar-refractivity contribution >= 4 is 28.3 Å². The number of nitrogens with zero attached hydrogens (tertiary/aromatic N) is 2. The van der Waals surface area contributed by atoms with Gasteiger partial charge in [0.05, 0.1) is 18.1 Å². The van der Waals surface area contributed by atoms with Gasteiger partial charge in [0, 0.05) is 23.4 Å². The first-order valence-electron chi connectivity index (χ1n) is 9.19. The molecule has 0 radical (unpaired) electrons. The van der Waals surface area contributed by atoms with Gasteiger partial charge in [0.2, 0.25) is 0 Å². The van der Waals surface area contributed by atoms with Crippen LogP contribution in [-0.4, -0.2) is 40.2 Å². The maximum atomic E-state index is 12.5. The molecule has 1 N–H and O–H groups in total. The number of carbonyl (C=O) groups is 1. The van der Waals surface area contributed by atoms with Crippen molar-refractivity contribution in [1.82, 2.24) is 9.78 Å². The van der Waals surface area contributed by atoms with Gasteiger partial charge in [0.15, 0.2) is 6.10 Å². The van der Waals surface area contributed by atoms with Gasteiger partial charge in [-0.05, 0) is 42.8 Å². The molecule has 0 aliphatic carbocycles. The number of aliphatic carboxylic acids is 1. The molecule has 1 aromatic heterocycles. The summed E-state index contributed by atoms with van der Waals surface area (Å²) in [6, 6.07) is 12.2. The van der Waals surface area contributed by atoms with Crippen molar-refractivity contribution in [3.8, 4) is 5.75 Å². The lowest BCUT2D eigenvalue weighted by molar-refractivity contribution is -0.149. The number of aromatic nitrogens is 2. The zero-order valence-corrected chi connectivity index (χ0v) is 16.6. The number of ether oxygens (including phenoxy) is 2. The molecule has 1 unspecified atom stereocenters. The van der Waals surface area contributed by atoms with E-state index in [1.54, 1.807) is 55.6 Å². The number of fused-ring (bicyclic) bond motifs is 1. The number of carboxylic acid groups (broad SMARTS) is 1. The first-order chi connectivity index (χ1) is 14.0. The summed E-state index contributed by atoms with van der Waals surface area (Å²) in [5.41, 5.74) is 0.637. The van der Waals surface area contributed by atoms with Crippen molar-refractivity contribution in [2.75, 3.05) is 13.2 Å². The van der Waals surface area contributed by atoms with Crippen molar-refractivity contribution in [2.45, 2.75) is 26.0 Å². The van der Waals surface area contributed by atoms with E-state index < -0.39 is 12.1 Å². The highest BCUT2D eigenvalue weighted by atomic mass is 35.5. The molecule has 3 aromatic rings. The van der Waals surface area contributed by atoms with Crippen LogP contribution in [0.25, 0.3) is 10.8 Å². The van der Waals surface area contributed by atoms with E-state index in [1.807, 2.05) is 0 Å². The van der Waals surface area contributed by atoms with Gasteiger partial charge in [-0.15, -0.1) is 0 Å². The highest BCUT2D eigenvalue weighted by Crippen LogP contribution is 2.16. The van der Waals surface area contributed by atoms with Crippen LogP contribution >= 0.6 is 11.6 Å². The SMILES string of the molecule is CCOC(Cc1ccc(OCCn2ncc3cc(Cl)ccc3c2=O)cc1)C(=O)O. The number of hydrogen-bond acceptors (Lipinski definition) is 5. The number of rotatable bonds is 9. The van der Waals surface area contributed by atoms with E-state index in [0.29, 0.717) is 34.7 Å². The first-order valence-corrected chi connectivity index (χ1v) is 9.57. The topological polar surface area (TPSA) is 90.7 Å². The summed E-state index contributed by atoms with van der Waals surface area (Å²) in [6.07, 6.45) is 1.02. The van der Waals surface area contributed by atoms with Crippen molar-refractivity contribution in [3.63, 3.8) is 0 Å². The Kier molecular flexibility index (Phi) is 6.85. The molecule has 152 valence electrons. The monoisotopic (exact) mass is 416 g/mol. The van der Waals surface area contributed by atoms with Crippen molar-refractivity contribution in [2.24, 2.45) is 0 Å². The quantitative estimate of drug-likeness (QED) is 0.576. The van der Waals surface area contributed by atoms with Gasteiger partial charge < -0.3 is 14.6 Å². The van der Waals surface area contributed by atoms with Gasteiger partial charge in [-0.2, -0.15) is 5.10 Å². The molecule has 0 bridgehead atoms. The fraction of sp³-hybridized carbons (Fsp3) is 0.286. The minimum absolute atomic E-state index is 0.200. The maximum Gasteiger partial charge on any atom is 0.333 e. The van der Waals surface area contributed by atoms with Gasteiger partial charge in [-0.3, -0.25) is 4.79 Å². The molecule has 1 heterocycles. The molecule has 0 spiro atoms. The minimum Gasteiger partial charge on any atom is -0.492 e. The smallest absolute Gasteiger partial charge is 0.333 e. The normalized spacial score (nSPS) is 12.1. The molecule has 0 saturated carbocycles. The summed E-state index contributed by atoms with van der Waals surface area (Å²) in [6.45, 7) is 2.66. The van der Waals surface area contributed by atoms with E-state index in [0.717, 1.165) is 5.56 Å². The Labute approximate surface area is 172 Å². The predicted octanol–water partition coefficient (Wildman–Crippen LogP) is 3.16. The molecular formula is C21H21ClN2O5. The molecule has 29 heavy (non-hydrogen) atoms. The van der Waals surface area contributed by atoms with Crippen LogP contribution in [0.15, 0.2) is 53.5 Å². The fourth-order valence-corrected chi connectivity index (χ4v) is 3.10. The van der Waals surface area contributed by atoms with E-state index in [4.69, 9.17) is 26.2 Å². The van der Waals surface area contributed by atoms with E-state index in [1.165, 1.54) is 4.68 Å². The Balaban J connectivity index is 1.59. The molecule has 7 nitrogen and oxygen atoms in total. The van der Waals surface area contributed by atoms with Gasteiger partial charge in [-0.1, -0.05) is 23.7 Å². The lowest BCUT2D eigenvalue weighted by Crippen LogP contribution is -2.26. The van der Waals surface area contributed by atoms with Crippen LogP contribution in [0.3, 0.4) is 0 Å². The van der Waals surface area contributed by atoms with Crippen LogP contribution in [0.4, 0.5) is 0 Å². The molecule has 0 amide bonds. The predicted molar refractivity (Wildman–Crippen MR) is 110 cm³/mol. The summed E-state index contributed by atoms with van der Waals surface area (Å²) >= 11 is 5.94. The average Bonchev–Trinajstić information content (AvgIpc) is 2.70. The largest absolute Gasteiger partial charge is 0.492 e. The Morgan fingerprint density at radius 2 is 2.00 bits per heavy atom. The van der Waals surface area contributed by atoms with E-state index in [9.17, 15) is 9.59 Å². The van der Waals surface area contributed by atoms with Crippen LogP contribution in [0, 0.1) is 0 Å². The summed E-state index contributed by atoms with van der Waals surface area (Å²) in [5, 5.41) is 15.1. The zero-order chi connectivity index (χ0) is 20.8. The standard InChI is InChI=1S/C21H21ClN2O5/c1-2-28-19(21(26)27)11-14-3-6-17(7-4-14)29-10-9-24-20(25)18-8-5-16(22)12-15(18)13-23-24/h3-8,12-13,19H,2,9-11H2,1H3,(H,26,27). The van der Waals surface area contributed by atoms with Gasteiger partial charge >= 0.3 is 5.97 Å². The number of benzene rings is 2. The Bertz CT molecular complexity index is 1050. The van der Waals surface area contributed by atoms with Gasteiger partial charge in [-0.25, -0.2) is 9.48 Å². The lowest BCUT2D eigenvalue weighted by Gasteiger charge is -2.13. The van der Waals surface area contributed by atoms with Crippen molar-refractivity contribution < 1.29 is 19.4 Å². The van der Waals surface area contributed by atoms with Crippen molar-refractivity contribution in [1.29, 1.82) is 0 Å². The summed E-state index contributed by atoms with van der Waals surface area (Å²) < 4.78 is 12.3. The molecule has 8 heteroatoms. The first kappa shape index (κ1) is 20.8. The van der Waals surface area contributed by atoms with Crippen molar-refractivity contribution in [3.05, 3.63) is 69.6 Å².